The van der Waals surface area contributed by atoms with Crippen molar-refractivity contribution >= 4 is 27.5 Å². The summed E-state index contributed by atoms with van der Waals surface area (Å²) in [4.78, 5) is 16.7. The molecule has 126 valence electrons. The number of thiazole rings is 1. The number of fused-ring (bicyclic) bond motifs is 1. The molecule has 0 saturated heterocycles. The van der Waals surface area contributed by atoms with Crippen LogP contribution in [0.15, 0.2) is 47.5 Å². The van der Waals surface area contributed by atoms with Gasteiger partial charge >= 0.3 is 0 Å². The van der Waals surface area contributed by atoms with Crippen LogP contribution in [-0.4, -0.2) is 17.1 Å². The number of benzene rings is 2. The number of hydrogen-bond acceptors (Lipinski definition) is 3. The number of aryl methyl sites for hydroxylation is 1. The van der Waals surface area contributed by atoms with Crippen molar-refractivity contribution in [2.75, 3.05) is 6.61 Å². The maximum atomic E-state index is 13.5. The van der Waals surface area contributed by atoms with Crippen LogP contribution in [-0.2, 0) is 11.3 Å². The lowest BCUT2D eigenvalue weighted by molar-refractivity contribution is -0.120. The number of amides is 1. The van der Waals surface area contributed by atoms with E-state index in [-0.39, 0.29) is 12.4 Å². The van der Waals surface area contributed by atoms with Gasteiger partial charge in [0.2, 0.25) is 0 Å². The first kappa shape index (κ1) is 16.9. The lowest BCUT2D eigenvalue weighted by atomic mass is 10.2. The largest absolute Gasteiger partial charge is 0.481 e. The number of hydrogen-bond donors (Lipinski definition) is 0. The number of ether oxygens (including phenoxy) is 1. The molecule has 0 bridgehead atoms. The van der Waals surface area contributed by atoms with Crippen LogP contribution in [0.4, 0.5) is 4.39 Å². The molecule has 0 radical (unpaired) electrons. The van der Waals surface area contributed by atoms with Gasteiger partial charge < -0.3 is 9.30 Å². The minimum Gasteiger partial charge on any atom is -0.481 e. The van der Waals surface area contributed by atoms with Gasteiger partial charge in [-0.1, -0.05) is 35.5 Å². The van der Waals surface area contributed by atoms with Gasteiger partial charge in [-0.05, 0) is 36.8 Å². The van der Waals surface area contributed by atoms with Crippen LogP contribution in [0.5, 0.6) is 5.75 Å². The number of terminal acetylenes is 1. The first-order chi connectivity index (χ1) is 12.1. The number of carbonyl (C=O) groups is 1. The number of carbonyl (C=O) groups excluding carboxylic acids is 1. The van der Waals surface area contributed by atoms with Crippen LogP contribution in [0.2, 0.25) is 0 Å². The van der Waals surface area contributed by atoms with Gasteiger partial charge in [0.05, 0.1) is 16.8 Å². The fourth-order valence-corrected chi connectivity index (χ4v) is 3.49. The molecule has 6 heteroatoms. The second-order valence-corrected chi connectivity index (χ2v) is 6.38. The lowest BCUT2D eigenvalue weighted by Gasteiger charge is -2.04. The van der Waals surface area contributed by atoms with E-state index in [0.717, 1.165) is 15.8 Å². The molecule has 4 nitrogen and oxygen atoms in total. The number of para-hydroxylation sites is 1. The number of halogens is 1. The minimum absolute atomic E-state index is 0.0227. The van der Waals surface area contributed by atoms with Gasteiger partial charge in [-0.2, -0.15) is 4.99 Å². The van der Waals surface area contributed by atoms with Gasteiger partial charge in [-0.25, -0.2) is 4.39 Å². The van der Waals surface area contributed by atoms with E-state index in [1.807, 2.05) is 25.1 Å². The Morgan fingerprint density at radius 3 is 2.92 bits per heavy atom. The molecule has 0 spiro atoms. The fraction of sp³-hybridized carbons (Fsp3) is 0.158. The quantitative estimate of drug-likeness (QED) is 0.675. The van der Waals surface area contributed by atoms with Crippen LogP contribution in [0.25, 0.3) is 10.2 Å². The summed E-state index contributed by atoms with van der Waals surface area (Å²) in [5, 5.41) is 0. The van der Waals surface area contributed by atoms with Crippen molar-refractivity contribution in [2.45, 2.75) is 13.5 Å². The summed E-state index contributed by atoms with van der Waals surface area (Å²) in [7, 11) is 0. The zero-order chi connectivity index (χ0) is 17.8. The molecule has 0 saturated carbocycles. The summed E-state index contributed by atoms with van der Waals surface area (Å²) in [6.07, 6.45) is 5.43. The SMILES string of the molecule is C#CCn1c(=NC(=O)COc2ccccc2F)sc2cc(C)ccc21. The highest BCUT2D eigenvalue weighted by Crippen LogP contribution is 2.19. The highest BCUT2D eigenvalue weighted by Gasteiger charge is 2.09. The van der Waals surface area contributed by atoms with E-state index in [0.29, 0.717) is 11.3 Å². The smallest absolute Gasteiger partial charge is 0.286 e. The van der Waals surface area contributed by atoms with Gasteiger partial charge in [0.25, 0.3) is 5.91 Å². The Morgan fingerprint density at radius 2 is 2.16 bits per heavy atom. The average molecular weight is 354 g/mol. The maximum absolute atomic E-state index is 13.5. The Balaban J connectivity index is 1.89. The molecule has 0 aliphatic heterocycles. The molecule has 0 aliphatic carbocycles. The fourth-order valence-electron chi connectivity index (χ4n) is 2.35. The predicted octanol–water partition coefficient (Wildman–Crippen LogP) is 3.29. The topological polar surface area (TPSA) is 43.6 Å². The minimum atomic E-state index is -0.518. The monoisotopic (exact) mass is 354 g/mol. The first-order valence-corrected chi connectivity index (χ1v) is 8.38. The van der Waals surface area contributed by atoms with Crippen molar-refractivity contribution < 1.29 is 13.9 Å². The first-order valence-electron chi connectivity index (χ1n) is 7.57. The normalized spacial score (nSPS) is 11.5. The van der Waals surface area contributed by atoms with Crippen molar-refractivity contribution in [3.05, 3.63) is 58.6 Å². The molecular weight excluding hydrogens is 339 g/mol. The van der Waals surface area contributed by atoms with Crippen LogP contribution in [0.3, 0.4) is 0 Å². The Morgan fingerprint density at radius 1 is 1.36 bits per heavy atom. The third kappa shape index (κ3) is 3.78. The van der Waals surface area contributed by atoms with E-state index in [1.54, 1.807) is 16.7 Å². The van der Waals surface area contributed by atoms with E-state index in [2.05, 4.69) is 10.9 Å². The number of nitrogens with zero attached hydrogens (tertiary/aromatic N) is 2. The molecule has 3 aromatic rings. The van der Waals surface area contributed by atoms with Crippen molar-refractivity contribution in [3.8, 4) is 18.1 Å². The number of aromatic nitrogens is 1. The van der Waals surface area contributed by atoms with Crippen LogP contribution < -0.4 is 9.54 Å². The highest BCUT2D eigenvalue weighted by molar-refractivity contribution is 7.16. The molecule has 1 amide bonds. The standard InChI is InChI=1S/C19H15FN2O2S/c1-3-10-22-15-9-8-13(2)11-17(15)25-19(22)21-18(23)12-24-16-7-5-4-6-14(16)20/h1,4-9,11H,10,12H2,2H3. The molecule has 0 fully saturated rings. The summed E-state index contributed by atoms with van der Waals surface area (Å²) >= 11 is 1.38. The third-order valence-corrected chi connectivity index (χ3v) is 4.54. The van der Waals surface area contributed by atoms with E-state index in [9.17, 15) is 9.18 Å². The van der Waals surface area contributed by atoms with Gasteiger partial charge in [-0.15, -0.1) is 6.42 Å². The van der Waals surface area contributed by atoms with E-state index >= 15 is 0 Å². The van der Waals surface area contributed by atoms with Crippen molar-refractivity contribution in [3.63, 3.8) is 0 Å². The van der Waals surface area contributed by atoms with Crippen molar-refractivity contribution in [1.29, 1.82) is 0 Å². The second-order valence-electron chi connectivity index (χ2n) is 5.37. The molecule has 0 atom stereocenters. The zero-order valence-electron chi connectivity index (χ0n) is 13.5. The summed E-state index contributed by atoms with van der Waals surface area (Å²) in [5.74, 6) is 1.58. The molecule has 0 unspecified atom stereocenters. The Hall–Kier alpha value is -2.91. The molecular formula is C19H15FN2O2S. The van der Waals surface area contributed by atoms with Crippen LogP contribution in [0.1, 0.15) is 5.56 Å². The summed E-state index contributed by atoms with van der Waals surface area (Å²) in [5.41, 5.74) is 2.04. The van der Waals surface area contributed by atoms with Crippen molar-refractivity contribution in [2.24, 2.45) is 4.99 Å². The van der Waals surface area contributed by atoms with E-state index in [1.165, 1.54) is 23.5 Å². The van der Waals surface area contributed by atoms with E-state index in [4.69, 9.17) is 11.2 Å². The van der Waals surface area contributed by atoms with Gasteiger partial charge in [0.1, 0.15) is 0 Å². The Bertz CT molecular complexity index is 1040. The molecule has 1 aromatic heterocycles. The molecule has 25 heavy (non-hydrogen) atoms. The molecule has 0 N–H and O–H groups in total. The summed E-state index contributed by atoms with van der Waals surface area (Å²) < 4.78 is 21.5. The summed E-state index contributed by atoms with van der Waals surface area (Å²) in [6, 6.07) is 11.9. The van der Waals surface area contributed by atoms with Gasteiger partial charge in [0, 0.05) is 0 Å². The second kappa shape index (κ2) is 7.32. The maximum Gasteiger partial charge on any atom is 0.286 e. The summed E-state index contributed by atoms with van der Waals surface area (Å²) in [6.45, 7) is 1.96. The molecule has 1 heterocycles. The molecule has 3 rings (SSSR count). The number of rotatable bonds is 4. The van der Waals surface area contributed by atoms with Gasteiger partial charge in [0.15, 0.2) is 23.0 Å². The highest BCUT2D eigenvalue weighted by atomic mass is 32.1. The van der Waals surface area contributed by atoms with Gasteiger partial charge in [-0.3, -0.25) is 4.79 Å². The third-order valence-electron chi connectivity index (χ3n) is 3.50. The van der Waals surface area contributed by atoms with Crippen LogP contribution in [0, 0.1) is 25.1 Å². The Labute approximate surface area is 148 Å². The molecule has 0 aliphatic rings. The van der Waals surface area contributed by atoms with E-state index < -0.39 is 11.7 Å². The molecule has 2 aromatic carbocycles. The average Bonchev–Trinajstić information content (AvgIpc) is 2.91. The Kier molecular flexibility index (Phi) is 4.96. The predicted molar refractivity (Wildman–Crippen MR) is 95.9 cm³/mol. The zero-order valence-corrected chi connectivity index (χ0v) is 14.3. The van der Waals surface area contributed by atoms with Crippen molar-refractivity contribution in [1.82, 2.24) is 4.57 Å². The lowest BCUT2D eigenvalue weighted by Crippen LogP contribution is -2.19. The van der Waals surface area contributed by atoms with Crippen LogP contribution >= 0.6 is 11.3 Å².